The van der Waals surface area contributed by atoms with Gasteiger partial charge in [0.25, 0.3) is 0 Å². The van der Waals surface area contributed by atoms with Crippen molar-refractivity contribution in [3.63, 3.8) is 0 Å². The number of unbranched alkanes of at least 4 members (excludes halogenated alkanes) is 4. The summed E-state index contributed by atoms with van der Waals surface area (Å²) in [5, 5.41) is 16.7. The van der Waals surface area contributed by atoms with Crippen LogP contribution >= 0.6 is 0 Å². The summed E-state index contributed by atoms with van der Waals surface area (Å²) in [5.74, 6) is -1.80. The molecule has 0 bridgehead atoms. The zero-order valence-electron chi connectivity index (χ0n) is 36.5. The topological polar surface area (TPSA) is 199 Å². The molecule has 2 rings (SSSR count). The number of aliphatic hydroxyl groups is 1. The van der Waals surface area contributed by atoms with Gasteiger partial charge >= 0.3 is 18.0 Å². The van der Waals surface area contributed by atoms with Gasteiger partial charge in [0.05, 0.1) is 31.9 Å². The van der Waals surface area contributed by atoms with Crippen LogP contribution in [0, 0.1) is 0 Å². The summed E-state index contributed by atoms with van der Waals surface area (Å²) >= 11 is 0. The molecule has 0 unspecified atom stereocenters. The predicted molar refractivity (Wildman–Crippen MR) is 234 cm³/mol. The summed E-state index contributed by atoms with van der Waals surface area (Å²) in [7, 11) is 2.49. The molecule has 0 spiro atoms. The van der Waals surface area contributed by atoms with E-state index in [1.807, 2.05) is 90.1 Å². The highest BCUT2D eigenvalue weighted by Crippen LogP contribution is 2.26. The largest absolute Gasteiger partial charge is 0.466 e. The van der Waals surface area contributed by atoms with Crippen LogP contribution in [0.4, 0.5) is 4.79 Å². The van der Waals surface area contributed by atoms with Crippen molar-refractivity contribution in [2.45, 2.75) is 91.1 Å². The average Bonchev–Trinajstić information content (AvgIpc) is 3.21. The number of nitrogens with zero attached hydrogens (tertiary/aromatic N) is 1. The van der Waals surface area contributed by atoms with Gasteiger partial charge in [0.1, 0.15) is 0 Å². The maximum atomic E-state index is 12.1. The van der Waals surface area contributed by atoms with E-state index in [0.29, 0.717) is 26.1 Å². The minimum atomic E-state index is -0.579. The molecule has 0 fully saturated rings. The number of amides is 3. The lowest BCUT2D eigenvalue weighted by Gasteiger charge is -2.27. The molecule has 0 heterocycles. The zero-order chi connectivity index (χ0) is 45.6. The molecule has 0 saturated carbocycles. The molecule has 0 radical (unpaired) electrons. The number of aliphatic imine (C=N–C) groups is 1. The minimum absolute atomic E-state index is 0.177. The summed E-state index contributed by atoms with van der Waals surface area (Å²) in [6.07, 6.45) is 10.2. The molecular formula is C46H64N4O10. The minimum Gasteiger partial charge on any atom is -0.466 e. The Kier molecular flexibility index (Phi) is 27.0. The zero-order valence-corrected chi connectivity index (χ0v) is 36.5. The number of benzene rings is 2. The molecule has 0 aliphatic heterocycles. The molecule has 0 atom stereocenters. The number of esters is 2. The van der Waals surface area contributed by atoms with E-state index in [0.717, 1.165) is 89.8 Å². The normalized spacial score (nSPS) is 10.8. The Morgan fingerprint density at radius 1 is 0.717 bits per heavy atom. The number of carbonyl (C=O) groups is 5. The number of ether oxygens (including phenoxy) is 3. The molecule has 3 amide bonds. The number of isocyanates is 1. The molecule has 4 N–H and O–H groups in total. The third-order valence-electron chi connectivity index (χ3n) is 8.51. The molecule has 14 heteroatoms. The number of methoxy groups -OCH3 is 2. The Balaban J connectivity index is 0.000000970. The molecule has 2 aromatic rings. The number of alkyl carbamates (subject to hydrolysis) is 1. The SMILES string of the molecule is C=C(C)c1cccc(C(C)(C)N=C=O)c1.C=C(C)c1cccc(C(C)(C)NC(=O)OCCCCCNC(=O)/C=C\C(=O)OC)c1.COC(=O)/C=C\C(=O)NCCCCCO. The summed E-state index contributed by atoms with van der Waals surface area (Å²) in [6.45, 7) is 20.8. The van der Waals surface area contributed by atoms with Gasteiger partial charge in [-0.05, 0) is 114 Å². The Labute approximate surface area is 355 Å². The third-order valence-corrected chi connectivity index (χ3v) is 8.51. The summed E-state index contributed by atoms with van der Waals surface area (Å²) < 4.78 is 14.0. The maximum Gasteiger partial charge on any atom is 0.407 e. The smallest absolute Gasteiger partial charge is 0.407 e. The fourth-order valence-corrected chi connectivity index (χ4v) is 4.83. The Morgan fingerprint density at radius 2 is 1.18 bits per heavy atom. The number of aliphatic hydroxyl groups excluding tert-OH is 1. The number of hydrogen-bond donors (Lipinski definition) is 4. The number of allylic oxidation sites excluding steroid dienone is 2. The van der Waals surface area contributed by atoms with Gasteiger partial charge in [0.15, 0.2) is 0 Å². The van der Waals surface area contributed by atoms with E-state index in [2.05, 4.69) is 43.6 Å². The van der Waals surface area contributed by atoms with Gasteiger partial charge < -0.3 is 35.3 Å². The van der Waals surface area contributed by atoms with Gasteiger partial charge in [0.2, 0.25) is 17.9 Å². The highest BCUT2D eigenvalue weighted by Gasteiger charge is 2.24. The molecule has 2 aromatic carbocycles. The van der Waals surface area contributed by atoms with Crippen molar-refractivity contribution in [1.82, 2.24) is 16.0 Å². The van der Waals surface area contributed by atoms with Crippen molar-refractivity contribution in [2.75, 3.05) is 40.5 Å². The average molecular weight is 833 g/mol. The van der Waals surface area contributed by atoms with Crippen LogP contribution in [0.3, 0.4) is 0 Å². The first-order chi connectivity index (χ1) is 28.3. The van der Waals surface area contributed by atoms with Crippen molar-refractivity contribution in [2.24, 2.45) is 4.99 Å². The lowest BCUT2D eigenvalue weighted by atomic mass is 9.92. The van der Waals surface area contributed by atoms with Crippen molar-refractivity contribution < 1.29 is 48.1 Å². The maximum absolute atomic E-state index is 12.1. The highest BCUT2D eigenvalue weighted by atomic mass is 16.5. The van der Waals surface area contributed by atoms with E-state index in [-0.39, 0.29) is 18.4 Å². The van der Waals surface area contributed by atoms with Crippen molar-refractivity contribution in [1.29, 1.82) is 0 Å². The summed E-state index contributed by atoms with van der Waals surface area (Å²) in [5.41, 5.74) is 4.93. The van der Waals surface area contributed by atoms with Crippen LogP contribution in [0.1, 0.15) is 102 Å². The van der Waals surface area contributed by atoms with E-state index in [1.54, 1.807) is 6.08 Å². The second-order valence-corrected chi connectivity index (χ2v) is 14.5. The fourth-order valence-electron chi connectivity index (χ4n) is 4.83. The highest BCUT2D eigenvalue weighted by molar-refractivity contribution is 5.95. The van der Waals surface area contributed by atoms with Crippen LogP contribution in [0.15, 0.2) is 91.0 Å². The van der Waals surface area contributed by atoms with Crippen LogP contribution in [0.2, 0.25) is 0 Å². The quantitative estimate of drug-likeness (QED) is 0.0254. The second kappa shape index (κ2) is 30.0. The Morgan fingerprint density at radius 3 is 1.63 bits per heavy atom. The van der Waals surface area contributed by atoms with E-state index in [9.17, 15) is 28.8 Å². The molecular weight excluding hydrogens is 769 g/mol. The molecule has 60 heavy (non-hydrogen) atoms. The Hall–Kier alpha value is -6.11. The number of hydrogen-bond acceptors (Lipinski definition) is 11. The van der Waals surface area contributed by atoms with Crippen LogP contribution < -0.4 is 16.0 Å². The molecule has 0 aliphatic carbocycles. The third kappa shape index (κ3) is 24.6. The lowest BCUT2D eigenvalue weighted by Crippen LogP contribution is -2.41. The molecule has 0 aromatic heterocycles. The van der Waals surface area contributed by atoms with E-state index in [4.69, 9.17) is 9.84 Å². The van der Waals surface area contributed by atoms with Crippen molar-refractivity contribution in [3.05, 3.63) is 108 Å². The first kappa shape index (κ1) is 53.9. The first-order valence-electron chi connectivity index (χ1n) is 19.6. The second-order valence-electron chi connectivity index (χ2n) is 14.5. The fraction of sp³-hybridized carbons (Fsp3) is 0.435. The number of nitrogens with one attached hydrogen (secondary N) is 3. The molecule has 14 nitrogen and oxygen atoms in total. The summed E-state index contributed by atoms with van der Waals surface area (Å²) in [4.78, 5) is 70.2. The van der Waals surface area contributed by atoms with Crippen LogP contribution in [0.5, 0.6) is 0 Å². The lowest BCUT2D eigenvalue weighted by molar-refractivity contribution is -0.135. The van der Waals surface area contributed by atoms with Crippen molar-refractivity contribution >= 4 is 47.1 Å². The van der Waals surface area contributed by atoms with Gasteiger partial charge in [-0.3, -0.25) is 9.59 Å². The predicted octanol–water partition coefficient (Wildman–Crippen LogP) is 6.98. The van der Waals surface area contributed by atoms with E-state index < -0.39 is 29.1 Å². The van der Waals surface area contributed by atoms with Crippen LogP contribution in [-0.2, 0) is 49.3 Å². The standard InChI is InChI=1S/C23H32N2O5.C13H15NO.C10H17NO4/c1-17(2)18-10-9-11-19(16-18)23(3,4)25-22(28)30-15-8-6-7-14-24-20(26)12-13-21(27)29-5;1-10(2)11-6-5-7-12(8-11)13(3,4)14-9-15;1-15-10(14)6-5-9(13)11-7-3-2-4-8-12/h9-13,16H,1,6-8,14-15H2,2-5H3,(H,24,26)(H,25,28);5-8H,1H2,2-4H3;5-6,12H,2-4,7-8H2,1H3,(H,11,13)/b13-12-;;6-5-. The van der Waals surface area contributed by atoms with Gasteiger partial charge in [0, 0.05) is 44.0 Å². The number of carbonyl (C=O) groups excluding carboxylic acids is 6. The van der Waals surface area contributed by atoms with Gasteiger partial charge in [-0.1, -0.05) is 60.7 Å². The monoisotopic (exact) mass is 832 g/mol. The van der Waals surface area contributed by atoms with E-state index >= 15 is 0 Å². The van der Waals surface area contributed by atoms with Gasteiger partial charge in [-0.2, -0.15) is 4.99 Å². The van der Waals surface area contributed by atoms with Gasteiger partial charge in [-0.25, -0.2) is 19.2 Å². The summed E-state index contributed by atoms with van der Waals surface area (Å²) in [6, 6.07) is 15.8. The van der Waals surface area contributed by atoms with Crippen LogP contribution in [0.25, 0.3) is 11.1 Å². The number of rotatable bonds is 21. The molecule has 328 valence electrons. The van der Waals surface area contributed by atoms with Crippen LogP contribution in [-0.4, -0.2) is 81.6 Å². The molecule has 0 aliphatic rings. The van der Waals surface area contributed by atoms with Crippen molar-refractivity contribution in [3.8, 4) is 0 Å². The van der Waals surface area contributed by atoms with E-state index in [1.165, 1.54) is 14.2 Å². The van der Waals surface area contributed by atoms with Gasteiger partial charge in [-0.15, -0.1) is 0 Å². The Bertz CT molecular complexity index is 1820. The molecule has 0 saturated heterocycles. The first-order valence-corrected chi connectivity index (χ1v) is 19.6.